The number of hydrogen-bond donors (Lipinski definition) is 0. The van der Waals surface area contributed by atoms with E-state index in [-0.39, 0.29) is 12.8 Å². The molecule has 1 heterocycles. The van der Waals surface area contributed by atoms with E-state index in [9.17, 15) is 18.6 Å². The monoisotopic (exact) mass is 318 g/mol. The molecule has 0 N–H and O–H groups in total. The topological polar surface area (TPSA) is 93.1 Å². The minimum atomic E-state index is -3.00. The van der Waals surface area contributed by atoms with E-state index in [2.05, 4.69) is 9.20 Å². The fraction of sp³-hybridized carbons (Fsp3) is 0.769. The Bertz CT molecular complexity index is 553. The van der Waals surface area contributed by atoms with Gasteiger partial charge < -0.3 is 4.84 Å². The van der Waals surface area contributed by atoms with E-state index >= 15 is 0 Å². The summed E-state index contributed by atoms with van der Waals surface area (Å²) in [5.41, 5.74) is 0. The lowest BCUT2D eigenvalue weighted by Crippen LogP contribution is -2.42. The number of amides is 3. The molecule has 7 nitrogen and oxygen atoms in total. The molecule has 21 heavy (non-hydrogen) atoms. The van der Waals surface area contributed by atoms with Crippen LogP contribution in [0.15, 0.2) is 4.36 Å². The average molecular weight is 318 g/mol. The van der Waals surface area contributed by atoms with Crippen LogP contribution in [0.1, 0.15) is 54.4 Å². The van der Waals surface area contributed by atoms with Crippen LogP contribution in [-0.4, -0.2) is 36.7 Å². The van der Waals surface area contributed by atoms with Gasteiger partial charge in [-0.2, -0.15) is 0 Å². The number of hydrogen-bond acceptors (Lipinski definition) is 5. The van der Waals surface area contributed by atoms with Crippen LogP contribution >= 0.6 is 0 Å². The molecule has 0 aliphatic carbocycles. The maximum atomic E-state index is 13.1. The quantitative estimate of drug-likeness (QED) is 0.691. The molecular weight excluding hydrogens is 296 g/mol. The van der Waals surface area contributed by atoms with Crippen molar-refractivity contribution >= 4 is 27.6 Å². The van der Waals surface area contributed by atoms with Gasteiger partial charge in [-0.15, -0.1) is 9.43 Å². The SMILES string of the molecule is CC(C)(C)S(=O)(=NC(=O)ON1C(=O)CCC1=O)C(C)(C)C. The molecule has 1 aliphatic rings. The van der Waals surface area contributed by atoms with E-state index < -0.39 is 37.1 Å². The Kier molecular flexibility index (Phi) is 4.53. The minimum Gasteiger partial charge on any atom is -0.309 e. The molecule has 3 amide bonds. The van der Waals surface area contributed by atoms with Crippen molar-refractivity contribution < 1.29 is 23.4 Å². The van der Waals surface area contributed by atoms with Gasteiger partial charge in [0, 0.05) is 22.3 Å². The molecule has 1 aliphatic heterocycles. The molecule has 0 bridgehead atoms. The van der Waals surface area contributed by atoms with Gasteiger partial charge in [0.15, 0.2) is 0 Å². The van der Waals surface area contributed by atoms with Gasteiger partial charge in [0.1, 0.15) is 0 Å². The summed E-state index contributed by atoms with van der Waals surface area (Å²) in [6, 6.07) is 0. The van der Waals surface area contributed by atoms with Crippen LogP contribution in [0.25, 0.3) is 0 Å². The van der Waals surface area contributed by atoms with Crippen LogP contribution in [0.5, 0.6) is 0 Å². The lowest BCUT2D eigenvalue weighted by atomic mass is 10.2. The van der Waals surface area contributed by atoms with E-state index in [1.54, 1.807) is 41.5 Å². The third-order valence-electron chi connectivity index (χ3n) is 3.04. The van der Waals surface area contributed by atoms with Crippen LogP contribution in [0.3, 0.4) is 0 Å². The van der Waals surface area contributed by atoms with Crippen molar-refractivity contribution in [1.82, 2.24) is 5.06 Å². The standard InChI is InChI=1S/C13H22N2O5S/c1-12(2,3)21(19,13(4,5)6)14-11(18)20-15-9(16)7-8-10(15)17/h7-8H2,1-6H3. The van der Waals surface area contributed by atoms with Crippen molar-refractivity contribution in [2.45, 2.75) is 63.9 Å². The predicted molar refractivity (Wildman–Crippen MR) is 77.6 cm³/mol. The number of hydroxylamine groups is 2. The molecule has 1 fully saturated rings. The maximum absolute atomic E-state index is 13.1. The van der Waals surface area contributed by atoms with E-state index in [4.69, 9.17) is 0 Å². The van der Waals surface area contributed by atoms with Gasteiger partial charge in [-0.25, -0.2) is 9.00 Å². The van der Waals surface area contributed by atoms with Gasteiger partial charge in [0.2, 0.25) is 0 Å². The molecule has 0 spiro atoms. The van der Waals surface area contributed by atoms with Crippen LogP contribution in [-0.2, 0) is 24.2 Å². The summed E-state index contributed by atoms with van der Waals surface area (Å²) in [6.07, 6.45) is -1.19. The van der Waals surface area contributed by atoms with E-state index in [1.807, 2.05) is 0 Å². The Morgan fingerprint density at radius 3 is 1.76 bits per heavy atom. The Morgan fingerprint density at radius 2 is 1.43 bits per heavy atom. The molecule has 8 heteroatoms. The van der Waals surface area contributed by atoms with Gasteiger partial charge in [-0.3, -0.25) is 9.59 Å². The molecule has 1 saturated heterocycles. The number of imide groups is 1. The summed E-state index contributed by atoms with van der Waals surface area (Å²) in [7, 11) is -3.00. The van der Waals surface area contributed by atoms with Crippen LogP contribution in [0.4, 0.5) is 4.79 Å². The van der Waals surface area contributed by atoms with Gasteiger partial charge >= 0.3 is 6.09 Å². The summed E-state index contributed by atoms with van der Waals surface area (Å²) in [5.74, 6) is -1.19. The molecule has 0 atom stereocenters. The largest absolute Gasteiger partial charge is 0.466 e. The number of nitrogens with zero attached hydrogens (tertiary/aromatic N) is 2. The molecule has 0 radical (unpaired) electrons. The third kappa shape index (κ3) is 3.42. The van der Waals surface area contributed by atoms with Crippen molar-refractivity contribution in [2.75, 3.05) is 0 Å². The first-order valence-electron chi connectivity index (χ1n) is 6.63. The van der Waals surface area contributed by atoms with Crippen LogP contribution in [0.2, 0.25) is 0 Å². The molecular formula is C13H22N2O5S. The van der Waals surface area contributed by atoms with Gasteiger partial charge in [0.25, 0.3) is 11.8 Å². The third-order valence-corrected chi connectivity index (χ3v) is 6.76. The molecule has 0 aromatic heterocycles. The van der Waals surface area contributed by atoms with Crippen LogP contribution < -0.4 is 0 Å². The van der Waals surface area contributed by atoms with Gasteiger partial charge in [-0.1, -0.05) is 0 Å². The fourth-order valence-electron chi connectivity index (χ4n) is 2.05. The average Bonchev–Trinajstić information content (AvgIpc) is 2.57. The zero-order valence-electron chi connectivity index (χ0n) is 13.3. The second-order valence-corrected chi connectivity index (χ2v) is 10.5. The zero-order valence-corrected chi connectivity index (χ0v) is 14.1. The first-order chi connectivity index (χ1) is 9.29. The first-order valence-corrected chi connectivity index (χ1v) is 8.15. The van der Waals surface area contributed by atoms with Gasteiger partial charge in [-0.05, 0) is 41.5 Å². The van der Waals surface area contributed by atoms with Crippen molar-refractivity contribution in [2.24, 2.45) is 4.36 Å². The van der Waals surface area contributed by atoms with Crippen molar-refractivity contribution in [3.8, 4) is 0 Å². The van der Waals surface area contributed by atoms with Crippen molar-refractivity contribution in [3.63, 3.8) is 0 Å². The Morgan fingerprint density at radius 1 is 1.05 bits per heavy atom. The molecule has 0 saturated carbocycles. The summed E-state index contributed by atoms with van der Waals surface area (Å²) in [6.45, 7) is 10.3. The second-order valence-electron chi connectivity index (χ2n) is 6.78. The first kappa shape index (κ1) is 17.6. The molecule has 0 aromatic rings. The summed E-state index contributed by atoms with van der Waals surface area (Å²) in [4.78, 5) is 39.3. The highest BCUT2D eigenvalue weighted by molar-refractivity contribution is 7.96. The van der Waals surface area contributed by atoms with Crippen molar-refractivity contribution in [3.05, 3.63) is 0 Å². The van der Waals surface area contributed by atoms with Gasteiger partial charge in [0.05, 0.1) is 9.73 Å². The number of carbonyl (C=O) groups is 3. The van der Waals surface area contributed by atoms with E-state index in [0.29, 0.717) is 5.06 Å². The minimum absolute atomic E-state index is 0.0000298. The lowest BCUT2D eigenvalue weighted by molar-refractivity contribution is -0.170. The van der Waals surface area contributed by atoms with E-state index in [1.165, 1.54) is 0 Å². The number of rotatable bonds is 1. The summed E-state index contributed by atoms with van der Waals surface area (Å²) in [5, 5.41) is 0.400. The fourth-order valence-corrected chi connectivity index (χ4v) is 4.68. The molecule has 120 valence electrons. The van der Waals surface area contributed by atoms with E-state index in [0.717, 1.165) is 0 Å². The maximum Gasteiger partial charge on any atom is 0.466 e. The summed E-state index contributed by atoms with van der Waals surface area (Å²) >= 11 is 0. The highest BCUT2D eigenvalue weighted by Gasteiger charge is 2.40. The highest BCUT2D eigenvalue weighted by atomic mass is 32.2. The second kappa shape index (κ2) is 5.40. The predicted octanol–water partition coefficient (Wildman–Crippen LogP) is 2.25. The van der Waals surface area contributed by atoms with Crippen LogP contribution in [0, 0.1) is 0 Å². The summed E-state index contributed by atoms with van der Waals surface area (Å²) < 4.78 is 15.3. The smallest absolute Gasteiger partial charge is 0.309 e. The van der Waals surface area contributed by atoms with Crippen molar-refractivity contribution in [1.29, 1.82) is 0 Å². The molecule has 0 unspecified atom stereocenters. The normalized spacial score (nSPS) is 17.1. The number of carbonyl (C=O) groups excluding carboxylic acids is 3. The zero-order chi connectivity index (χ0) is 16.6. The lowest BCUT2D eigenvalue weighted by Gasteiger charge is -2.34. The Hall–Kier alpha value is -1.44. The molecule has 1 rings (SSSR count). The Labute approximate surface area is 125 Å². The Balaban J connectivity index is 3.14. The highest BCUT2D eigenvalue weighted by Crippen LogP contribution is 2.31. The molecule has 0 aromatic carbocycles.